The quantitative estimate of drug-likeness (QED) is 0.798. The molecule has 122 valence electrons. The van der Waals surface area contributed by atoms with E-state index in [-0.39, 0.29) is 5.69 Å². The highest BCUT2D eigenvalue weighted by molar-refractivity contribution is 5.94. The maximum atomic E-state index is 13.3. The van der Waals surface area contributed by atoms with E-state index in [9.17, 15) is 18.0 Å². The number of aromatic amines is 1. The van der Waals surface area contributed by atoms with E-state index >= 15 is 0 Å². The number of halogens is 3. The highest BCUT2D eigenvalue weighted by Crippen LogP contribution is 2.35. The summed E-state index contributed by atoms with van der Waals surface area (Å²) in [6.07, 6.45) is -1.15. The molecule has 0 radical (unpaired) electrons. The average molecular weight is 316 g/mol. The SMILES string of the molecule is O=C(NC(C1CCCC1)C(F)(F)F)c1n[nH]c2c1CNCC2. The van der Waals surface area contributed by atoms with Crippen molar-refractivity contribution in [2.45, 2.75) is 50.9 Å². The van der Waals surface area contributed by atoms with Crippen LogP contribution >= 0.6 is 0 Å². The van der Waals surface area contributed by atoms with Gasteiger partial charge >= 0.3 is 6.18 Å². The first-order valence-electron chi connectivity index (χ1n) is 7.61. The number of carbonyl (C=O) groups excluding carboxylic acids is 1. The molecule has 2 aliphatic rings. The van der Waals surface area contributed by atoms with Crippen LogP contribution in [0, 0.1) is 5.92 Å². The van der Waals surface area contributed by atoms with Crippen LogP contribution in [-0.4, -0.2) is 34.9 Å². The fourth-order valence-electron chi connectivity index (χ4n) is 3.38. The molecule has 3 rings (SSSR count). The van der Waals surface area contributed by atoms with Crippen LogP contribution in [0.2, 0.25) is 0 Å². The van der Waals surface area contributed by atoms with E-state index in [1.165, 1.54) is 0 Å². The lowest BCUT2D eigenvalue weighted by Gasteiger charge is -2.26. The lowest BCUT2D eigenvalue weighted by Crippen LogP contribution is -2.49. The number of amides is 1. The summed E-state index contributed by atoms with van der Waals surface area (Å²) in [5, 5.41) is 11.9. The second-order valence-corrected chi connectivity index (χ2v) is 5.99. The predicted molar refractivity (Wildman–Crippen MR) is 73.3 cm³/mol. The van der Waals surface area contributed by atoms with Gasteiger partial charge in [-0.1, -0.05) is 12.8 Å². The molecular formula is C14H19F3N4O. The van der Waals surface area contributed by atoms with Crippen molar-refractivity contribution in [1.29, 1.82) is 0 Å². The molecule has 1 aromatic rings. The predicted octanol–water partition coefficient (Wildman–Crippen LogP) is 1.91. The molecule has 0 bridgehead atoms. The number of aromatic nitrogens is 2. The Hall–Kier alpha value is -1.57. The Morgan fingerprint density at radius 3 is 2.73 bits per heavy atom. The van der Waals surface area contributed by atoms with Crippen molar-refractivity contribution in [3.8, 4) is 0 Å². The van der Waals surface area contributed by atoms with Crippen molar-refractivity contribution in [1.82, 2.24) is 20.8 Å². The first kappa shape index (κ1) is 15.3. The van der Waals surface area contributed by atoms with Gasteiger partial charge in [-0.25, -0.2) is 0 Å². The Morgan fingerprint density at radius 1 is 1.32 bits per heavy atom. The average Bonchev–Trinajstić information content (AvgIpc) is 3.12. The topological polar surface area (TPSA) is 69.8 Å². The zero-order valence-electron chi connectivity index (χ0n) is 12.1. The van der Waals surface area contributed by atoms with Crippen molar-refractivity contribution < 1.29 is 18.0 Å². The van der Waals surface area contributed by atoms with E-state index in [2.05, 4.69) is 20.8 Å². The standard InChI is InChI=1S/C14H19F3N4O/c15-14(16,17)12(8-3-1-2-4-8)19-13(22)11-9-7-18-6-5-10(9)20-21-11/h8,12,18H,1-7H2,(H,19,22)(H,20,21). The smallest absolute Gasteiger partial charge is 0.339 e. The van der Waals surface area contributed by atoms with Crippen molar-refractivity contribution in [3.05, 3.63) is 17.0 Å². The number of alkyl halides is 3. The minimum Gasteiger partial charge on any atom is -0.339 e. The van der Waals surface area contributed by atoms with Gasteiger partial charge in [0.15, 0.2) is 5.69 Å². The van der Waals surface area contributed by atoms with Crippen LogP contribution in [0.4, 0.5) is 13.2 Å². The number of rotatable bonds is 3. The Morgan fingerprint density at radius 2 is 2.05 bits per heavy atom. The van der Waals surface area contributed by atoms with Crippen LogP contribution in [-0.2, 0) is 13.0 Å². The molecule has 0 saturated heterocycles. The van der Waals surface area contributed by atoms with Gasteiger partial charge in [-0.2, -0.15) is 18.3 Å². The second-order valence-electron chi connectivity index (χ2n) is 5.99. The Balaban J connectivity index is 1.77. The van der Waals surface area contributed by atoms with E-state index in [1.54, 1.807) is 0 Å². The summed E-state index contributed by atoms with van der Waals surface area (Å²) in [4.78, 5) is 12.3. The number of hydrogen-bond donors (Lipinski definition) is 3. The Bertz CT molecular complexity index is 549. The van der Waals surface area contributed by atoms with Crippen molar-refractivity contribution in [2.75, 3.05) is 6.54 Å². The van der Waals surface area contributed by atoms with Crippen LogP contribution in [0.15, 0.2) is 0 Å². The van der Waals surface area contributed by atoms with E-state index in [1.807, 2.05) is 0 Å². The van der Waals surface area contributed by atoms with E-state index in [4.69, 9.17) is 0 Å². The van der Waals surface area contributed by atoms with Crippen LogP contribution in [0.5, 0.6) is 0 Å². The van der Waals surface area contributed by atoms with Crippen LogP contribution in [0.3, 0.4) is 0 Å². The Labute approximate surface area is 126 Å². The van der Waals surface area contributed by atoms with Gasteiger partial charge in [0, 0.05) is 30.8 Å². The largest absolute Gasteiger partial charge is 0.408 e. The molecule has 1 unspecified atom stereocenters. The number of nitrogens with one attached hydrogen (secondary N) is 3. The molecule has 1 atom stereocenters. The zero-order valence-corrected chi connectivity index (χ0v) is 12.1. The van der Waals surface area contributed by atoms with Gasteiger partial charge in [0.2, 0.25) is 0 Å². The summed E-state index contributed by atoms with van der Waals surface area (Å²) in [6.45, 7) is 1.22. The third-order valence-electron chi connectivity index (χ3n) is 4.53. The van der Waals surface area contributed by atoms with Gasteiger partial charge in [0.05, 0.1) is 0 Å². The number of nitrogens with zero attached hydrogens (tertiary/aromatic N) is 1. The summed E-state index contributed by atoms with van der Waals surface area (Å²) in [5.41, 5.74) is 1.58. The summed E-state index contributed by atoms with van der Waals surface area (Å²) >= 11 is 0. The molecular weight excluding hydrogens is 297 g/mol. The molecule has 2 heterocycles. The highest BCUT2D eigenvalue weighted by atomic mass is 19.4. The molecule has 0 spiro atoms. The first-order chi connectivity index (χ1) is 10.5. The van der Waals surface area contributed by atoms with Crippen LogP contribution in [0.25, 0.3) is 0 Å². The van der Waals surface area contributed by atoms with Gasteiger partial charge in [0.25, 0.3) is 5.91 Å². The normalized spacial score (nSPS) is 20.7. The molecule has 5 nitrogen and oxygen atoms in total. The van der Waals surface area contributed by atoms with E-state index < -0.39 is 24.0 Å². The molecule has 3 N–H and O–H groups in total. The monoisotopic (exact) mass is 316 g/mol. The van der Waals surface area contributed by atoms with Crippen LogP contribution in [0.1, 0.15) is 47.4 Å². The second kappa shape index (κ2) is 5.91. The van der Waals surface area contributed by atoms with E-state index in [0.29, 0.717) is 31.4 Å². The maximum Gasteiger partial charge on any atom is 0.408 e. The maximum absolute atomic E-state index is 13.3. The highest BCUT2D eigenvalue weighted by Gasteiger charge is 2.46. The molecule has 1 saturated carbocycles. The fraction of sp³-hybridized carbons (Fsp3) is 0.714. The third kappa shape index (κ3) is 2.97. The lowest BCUT2D eigenvalue weighted by atomic mass is 9.97. The number of fused-ring (bicyclic) bond motifs is 1. The molecule has 22 heavy (non-hydrogen) atoms. The summed E-state index contributed by atoms with van der Waals surface area (Å²) in [5.74, 6) is -1.27. The minimum atomic E-state index is -4.43. The molecule has 8 heteroatoms. The Kier molecular flexibility index (Phi) is 4.12. The van der Waals surface area contributed by atoms with Gasteiger partial charge < -0.3 is 10.6 Å². The minimum absolute atomic E-state index is 0.0782. The lowest BCUT2D eigenvalue weighted by molar-refractivity contribution is -0.164. The number of H-pyrrole nitrogens is 1. The number of carbonyl (C=O) groups is 1. The fourth-order valence-corrected chi connectivity index (χ4v) is 3.38. The molecule has 1 amide bonds. The molecule has 1 aromatic heterocycles. The molecule has 1 fully saturated rings. The summed E-state index contributed by atoms with van der Waals surface area (Å²) in [7, 11) is 0. The van der Waals surface area contributed by atoms with Gasteiger partial charge in [-0.15, -0.1) is 0 Å². The summed E-state index contributed by atoms with van der Waals surface area (Å²) < 4.78 is 39.8. The molecule has 0 aromatic carbocycles. The molecule has 1 aliphatic heterocycles. The third-order valence-corrected chi connectivity index (χ3v) is 4.53. The van der Waals surface area contributed by atoms with Gasteiger partial charge in [-0.05, 0) is 18.8 Å². The van der Waals surface area contributed by atoms with Crippen LogP contribution < -0.4 is 10.6 Å². The van der Waals surface area contributed by atoms with Crippen molar-refractivity contribution in [3.63, 3.8) is 0 Å². The zero-order chi connectivity index (χ0) is 15.7. The molecule has 1 aliphatic carbocycles. The van der Waals surface area contributed by atoms with Crippen molar-refractivity contribution >= 4 is 5.91 Å². The summed E-state index contributed by atoms with van der Waals surface area (Å²) in [6, 6.07) is -1.79. The van der Waals surface area contributed by atoms with Crippen molar-refractivity contribution in [2.24, 2.45) is 5.92 Å². The van der Waals surface area contributed by atoms with Gasteiger partial charge in [-0.3, -0.25) is 9.89 Å². The number of hydrogen-bond acceptors (Lipinski definition) is 3. The van der Waals surface area contributed by atoms with E-state index in [0.717, 1.165) is 25.1 Å². The first-order valence-corrected chi connectivity index (χ1v) is 7.61. The van der Waals surface area contributed by atoms with Gasteiger partial charge in [0.1, 0.15) is 6.04 Å².